The number of halogens is 1. The van der Waals surface area contributed by atoms with Gasteiger partial charge < -0.3 is 10.2 Å². The molecule has 124 valence electrons. The van der Waals surface area contributed by atoms with Crippen LogP contribution in [0.3, 0.4) is 0 Å². The van der Waals surface area contributed by atoms with Gasteiger partial charge in [0, 0.05) is 5.56 Å². The van der Waals surface area contributed by atoms with Gasteiger partial charge in [-0.3, -0.25) is 4.79 Å². The number of imide groups is 1. The maximum Gasteiger partial charge on any atom is 0.329 e. The van der Waals surface area contributed by atoms with Crippen molar-refractivity contribution in [2.24, 2.45) is 0 Å². The number of carbonyl (C=O) groups is 2. The summed E-state index contributed by atoms with van der Waals surface area (Å²) in [6.07, 6.45) is 4.58. The highest BCUT2D eigenvalue weighted by molar-refractivity contribution is 6.06. The molecule has 6 heteroatoms. The smallest absolute Gasteiger partial charge is 0.323 e. The van der Waals surface area contributed by atoms with E-state index in [0.29, 0.717) is 13.2 Å². The molecule has 1 unspecified atom stereocenters. The van der Waals surface area contributed by atoms with Crippen LogP contribution in [0.1, 0.15) is 37.7 Å². The van der Waals surface area contributed by atoms with Gasteiger partial charge in [0.25, 0.3) is 5.91 Å². The van der Waals surface area contributed by atoms with Gasteiger partial charge in [0.2, 0.25) is 0 Å². The molecule has 1 aromatic rings. The summed E-state index contributed by atoms with van der Waals surface area (Å²) in [6.45, 7) is 0.953. The molecular weight excluding hydrogens is 297 g/mol. The second-order valence-electron chi connectivity index (χ2n) is 6.72. The predicted octanol–water partition coefficient (Wildman–Crippen LogP) is 1.05. The fourth-order valence-corrected chi connectivity index (χ4v) is 3.59. The van der Waals surface area contributed by atoms with Crippen molar-refractivity contribution in [2.45, 2.75) is 44.2 Å². The monoisotopic (exact) mass is 320 g/mol. The average Bonchev–Trinajstić information content (AvgIpc) is 2.75. The van der Waals surface area contributed by atoms with Gasteiger partial charge in [-0.1, -0.05) is 31.4 Å². The number of benzene rings is 1. The number of nitrogens with zero attached hydrogens (tertiary/aromatic N) is 1. The quantitative estimate of drug-likeness (QED) is 0.815. The molecule has 1 aromatic carbocycles. The van der Waals surface area contributed by atoms with Crippen LogP contribution in [0.5, 0.6) is 0 Å². The first kappa shape index (κ1) is 15.9. The van der Waals surface area contributed by atoms with E-state index in [-0.39, 0.29) is 17.8 Å². The van der Waals surface area contributed by atoms with Crippen LogP contribution in [0.4, 0.5) is 9.18 Å². The minimum atomic E-state index is -0.661. The molecule has 1 aliphatic carbocycles. The van der Waals surface area contributed by atoms with Crippen molar-refractivity contribution in [1.82, 2.24) is 10.2 Å². The SMILES string of the molecule is C[NH+](Cc1ccc(F)cc1)CN1C(=O)NC2(CCCCC2)C1=O. The van der Waals surface area contributed by atoms with Crippen LogP contribution in [0.2, 0.25) is 0 Å². The Morgan fingerprint density at radius 3 is 2.48 bits per heavy atom. The van der Waals surface area contributed by atoms with E-state index in [0.717, 1.165) is 42.6 Å². The van der Waals surface area contributed by atoms with E-state index in [2.05, 4.69) is 5.32 Å². The lowest BCUT2D eigenvalue weighted by molar-refractivity contribution is -0.901. The molecule has 3 amide bonds. The minimum absolute atomic E-state index is 0.0827. The summed E-state index contributed by atoms with van der Waals surface area (Å²) in [5.41, 5.74) is 0.314. The summed E-state index contributed by atoms with van der Waals surface area (Å²) in [4.78, 5) is 27.3. The van der Waals surface area contributed by atoms with Crippen LogP contribution < -0.4 is 10.2 Å². The van der Waals surface area contributed by atoms with E-state index in [9.17, 15) is 14.0 Å². The Bertz CT molecular complexity index is 596. The van der Waals surface area contributed by atoms with Crippen LogP contribution in [0, 0.1) is 5.82 Å². The minimum Gasteiger partial charge on any atom is -0.323 e. The number of amides is 3. The van der Waals surface area contributed by atoms with E-state index in [1.807, 2.05) is 7.05 Å². The molecule has 5 nitrogen and oxygen atoms in total. The molecule has 1 saturated heterocycles. The van der Waals surface area contributed by atoms with Crippen molar-refractivity contribution in [3.05, 3.63) is 35.6 Å². The lowest BCUT2D eigenvalue weighted by Gasteiger charge is -2.30. The van der Waals surface area contributed by atoms with Crippen LogP contribution >= 0.6 is 0 Å². The summed E-state index contributed by atoms with van der Waals surface area (Å²) in [7, 11) is 1.93. The van der Waals surface area contributed by atoms with Crippen molar-refractivity contribution in [1.29, 1.82) is 0 Å². The summed E-state index contributed by atoms with van der Waals surface area (Å²) in [6, 6.07) is 6.02. The molecule has 1 heterocycles. The Labute approximate surface area is 135 Å². The summed E-state index contributed by atoms with van der Waals surface area (Å²) in [5.74, 6) is -0.347. The van der Waals surface area contributed by atoms with Gasteiger partial charge in [0.15, 0.2) is 6.67 Å². The molecule has 2 fully saturated rings. The zero-order chi connectivity index (χ0) is 16.4. The predicted molar refractivity (Wildman–Crippen MR) is 83.1 cm³/mol. The molecule has 1 aliphatic heterocycles. The van der Waals surface area contributed by atoms with E-state index >= 15 is 0 Å². The first-order chi connectivity index (χ1) is 11.0. The van der Waals surface area contributed by atoms with Crippen LogP contribution in [0.15, 0.2) is 24.3 Å². The zero-order valence-electron chi connectivity index (χ0n) is 13.4. The maximum atomic E-state index is 12.9. The molecule has 0 radical (unpaired) electrons. The second kappa shape index (κ2) is 6.28. The molecule has 1 atom stereocenters. The maximum absolute atomic E-state index is 12.9. The number of hydrogen-bond acceptors (Lipinski definition) is 2. The van der Waals surface area contributed by atoms with Crippen molar-refractivity contribution >= 4 is 11.9 Å². The zero-order valence-corrected chi connectivity index (χ0v) is 13.4. The second-order valence-corrected chi connectivity index (χ2v) is 6.72. The number of hydrogen-bond donors (Lipinski definition) is 2. The van der Waals surface area contributed by atoms with Gasteiger partial charge in [-0.15, -0.1) is 0 Å². The Hall–Kier alpha value is -1.95. The lowest BCUT2D eigenvalue weighted by atomic mass is 9.82. The van der Waals surface area contributed by atoms with Crippen molar-refractivity contribution in [3.63, 3.8) is 0 Å². The van der Waals surface area contributed by atoms with Gasteiger partial charge in [0.05, 0.1) is 7.05 Å². The van der Waals surface area contributed by atoms with E-state index in [4.69, 9.17) is 0 Å². The Kier molecular flexibility index (Phi) is 4.35. The molecule has 3 rings (SSSR count). The van der Waals surface area contributed by atoms with E-state index in [1.165, 1.54) is 17.0 Å². The Balaban J connectivity index is 1.63. The summed E-state index contributed by atoms with van der Waals surface area (Å²) < 4.78 is 12.9. The molecule has 1 spiro atoms. The number of quaternary nitrogens is 1. The third-order valence-corrected chi connectivity index (χ3v) is 4.80. The fraction of sp³-hybridized carbons (Fsp3) is 0.529. The number of carbonyl (C=O) groups excluding carboxylic acids is 2. The van der Waals surface area contributed by atoms with Crippen molar-refractivity contribution in [2.75, 3.05) is 13.7 Å². The van der Waals surface area contributed by atoms with Gasteiger partial charge in [0.1, 0.15) is 17.9 Å². The number of rotatable bonds is 4. The van der Waals surface area contributed by atoms with Gasteiger partial charge in [-0.05, 0) is 25.0 Å². The van der Waals surface area contributed by atoms with Crippen molar-refractivity contribution < 1.29 is 18.9 Å². The first-order valence-electron chi connectivity index (χ1n) is 8.20. The van der Waals surface area contributed by atoms with E-state index < -0.39 is 5.54 Å². The third kappa shape index (κ3) is 3.22. The van der Waals surface area contributed by atoms with Crippen LogP contribution in [-0.2, 0) is 11.3 Å². The molecule has 1 saturated carbocycles. The average molecular weight is 320 g/mol. The van der Waals surface area contributed by atoms with Crippen molar-refractivity contribution in [3.8, 4) is 0 Å². The Morgan fingerprint density at radius 2 is 1.83 bits per heavy atom. The van der Waals surface area contributed by atoms with Gasteiger partial charge in [-0.2, -0.15) is 0 Å². The highest BCUT2D eigenvalue weighted by atomic mass is 19.1. The standard InChI is InChI=1S/C17H22FN3O2/c1-20(11-13-5-7-14(18)8-6-13)12-21-15(22)17(19-16(21)23)9-3-2-4-10-17/h5-8H,2-4,9-12H2,1H3,(H,19,23)/p+1. The highest BCUT2D eigenvalue weighted by Crippen LogP contribution is 2.33. The first-order valence-corrected chi connectivity index (χ1v) is 8.20. The Morgan fingerprint density at radius 1 is 1.17 bits per heavy atom. The summed E-state index contributed by atoms with van der Waals surface area (Å²) >= 11 is 0. The fourth-order valence-electron chi connectivity index (χ4n) is 3.59. The topological polar surface area (TPSA) is 53.9 Å². The van der Waals surface area contributed by atoms with E-state index in [1.54, 1.807) is 12.1 Å². The molecule has 0 bridgehead atoms. The van der Waals surface area contributed by atoms with Gasteiger partial charge >= 0.3 is 6.03 Å². The lowest BCUT2D eigenvalue weighted by Crippen LogP contribution is -3.09. The molecular formula is C17H23FN3O2+. The molecule has 0 aromatic heterocycles. The van der Waals surface area contributed by atoms with Gasteiger partial charge in [-0.25, -0.2) is 14.1 Å². The molecule has 2 aliphatic rings. The normalized spacial score (nSPS) is 21.6. The molecule has 23 heavy (non-hydrogen) atoms. The van der Waals surface area contributed by atoms with Crippen LogP contribution in [0.25, 0.3) is 0 Å². The highest BCUT2D eigenvalue weighted by Gasteiger charge is 2.52. The van der Waals surface area contributed by atoms with Crippen LogP contribution in [-0.4, -0.2) is 36.1 Å². The summed E-state index contributed by atoms with van der Waals surface area (Å²) in [5, 5.41) is 2.92. The number of nitrogens with one attached hydrogen (secondary N) is 2. The number of urea groups is 1. The molecule has 2 N–H and O–H groups in total. The third-order valence-electron chi connectivity index (χ3n) is 4.80. The largest absolute Gasteiger partial charge is 0.329 e.